The predicted octanol–water partition coefficient (Wildman–Crippen LogP) is 4.31. The average molecular weight is 375 g/mol. The first-order chi connectivity index (χ1) is 9.99. The third-order valence-electron chi connectivity index (χ3n) is 3.15. The Kier molecular flexibility index (Phi) is 5.08. The molecule has 0 radical (unpaired) electrons. The zero-order chi connectivity index (χ0) is 15.6. The highest BCUT2D eigenvalue weighted by Crippen LogP contribution is 2.38. The SMILES string of the molecule is COc1cc(Cl)c(C(N)c2cccc(F)c2Br)cc1OC. The second kappa shape index (κ2) is 6.64. The van der Waals surface area contributed by atoms with Crippen LogP contribution in [0.15, 0.2) is 34.8 Å². The standard InChI is InChI=1S/C15H14BrClFNO2/c1-20-12-6-9(10(17)7-13(12)21-2)15(19)8-4-3-5-11(18)14(8)16/h3-7,15H,19H2,1-2H3. The summed E-state index contributed by atoms with van der Waals surface area (Å²) >= 11 is 9.46. The summed E-state index contributed by atoms with van der Waals surface area (Å²) in [5.41, 5.74) is 7.45. The first-order valence-electron chi connectivity index (χ1n) is 6.10. The Morgan fingerprint density at radius 3 is 2.38 bits per heavy atom. The van der Waals surface area contributed by atoms with Crippen molar-refractivity contribution in [3.8, 4) is 11.5 Å². The van der Waals surface area contributed by atoms with Gasteiger partial charge in [-0.2, -0.15) is 0 Å². The Morgan fingerprint density at radius 1 is 1.14 bits per heavy atom. The Balaban J connectivity index is 2.53. The van der Waals surface area contributed by atoms with Crippen LogP contribution in [-0.2, 0) is 0 Å². The van der Waals surface area contributed by atoms with Crippen molar-refractivity contribution in [1.82, 2.24) is 0 Å². The van der Waals surface area contributed by atoms with Crippen molar-refractivity contribution < 1.29 is 13.9 Å². The summed E-state index contributed by atoms with van der Waals surface area (Å²) in [5, 5.41) is 0.427. The summed E-state index contributed by atoms with van der Waals surface area (Å²) in [6.45, 7) is 0. The monoisotopic (exact) mass is 373 g/mol. The van der Waals surface area contributed by atoms with Crippen LogP contribution in [0.2, 0.25) is 5.02 Å². The van der Waals surface area contributed by atoms with E-state index in [4.69, 9.17) is 26.8 Å². The Hall–Kier alpha value is -1.30. The van der Waals surface area contributed by atoms with E-state index in [-0.39, 0.29) is 5.82 Å². The van der Waals surface area contributed by atoms with E-state index in [1.807, 2.05) is 0 Å². The third kappa shape index (κ3) is 3.15. The second-order valence-corrected chi connectivity index (χ2v) is 5.55. The highest BCUT2D eigenvalue weighted by molar-refractivity contribution is 9.10. The van der Waals surface area contributed by atoms with Gasteiger partial charge in [0.15, 0.2) is 11.5 Å². The minimum absolute atomic E-state index is 0.323. The topological polar surface area (TPSA) is 44.5 Å². The molecule has 6 heteroatoms. The zero-order valence-corrected chi connectivity index (χ0v) is 13.8. The van der Waals surface area contributed by atoms with Crippen molar-refractivity contribution in [2.24, 2.45) is 5.73 Å². The van der Waals surface area contributed by atoms with Crippen LogP contribution < -0.4 is 15.2 Å². The number of benzene rings is 2. The normalized spacial score (nSPS) is 12.1. The minimum Gasteiger partial charge on any atom is -0.493 e. The molecule has 0 spiro atoms. The number of halogens is 3. The van der Waals surface area contributed by atoms with Gasteiger partial charge in [0.1, 0.15) is 5.82 Å². The van der Waals surface area contributed by atoms with Crippen LogP contribution in [0.4, 0.5) is 4.39 Å². The molecule has 0 amide bonds. The maximum Gasteiger partial charge on any atom is 0.162 e. The van der Waals surface area contributed by atoms with Crippen LogP contribution in [0.1, 0.15) is 17.2 Å². The van der Waals surface area contributed by atoms with E-state index >= 15 is 0 Å². The molecule has 2 N–H and O–H groups in total. The fourth-order valence-electron chi connectivity index (χ4n) is 2.04. The zero-order valence-electron chi connectivity index (χ0n) is 11.5. The van der Waals surface area contributed by atoms with Gasteiger partial charge >= 0.3 is 0 Å². The fraction of sp³-hybridized carbons (Fsp3) is 0.200. The van der Waals surface area contributed by atoms with Gasteiger partial charge in [0.05, 0.1) is 24.7 Å². The molecule has 0 bridgehead atoms. The van der Waals surface area contributed by atoms with Gasteiger partial charge in [-0.3, -0.25) is 0 Å². The first kappa shape index (κ1) is 16.1. The number of hydrogen-bond acceptors (Lipinski definition) is 3. The van der Waals surface area contributed by atoms with Gasteiger partial charge < -0.3 is 15.2 Å². The molecule has 0 aromatic heterocycles. The lowest BCUT2D eigenvalue weighted by Crippen LogP contribution is -2.14. The molecule has 1 atom stereocenters. The highest BCUT2D eigenvalue weighted by atomic mass is 79.9. The largest absolute Gasteiger partial charge is 0.493 e. The molecule has 3 nitrogen and oxygen atoms in total. The van der Waals surface area contributed by atoms with Gasteiger partial charge in [0.2, 0.25) is 0 Å². The van der Waals surface area contributed by atoms with Gasteiger partial charge in [0.25, 0.3) is 0 Å². The molecule has 0 aliphatic heterocycles. The van der Waals surface area contributed by atoms with Gasteiger partial charge in [-0.1, -0.05) is 23.7 Å². The Labute approximate surface area is 135 Å². The summed E-state index contributed by atoms with van der Waals surface area (Å²) in [5.74, 6) is 0.649. The van der Waals surface area contributed by atoms with E-state index in [0.29, 0.717) is 32.1 Å². The summed E-state index contributed by atoms with van der Waals surface area (Å²) in [4.78, 5) is 0. The van der Waals surface area contributed by atoms with E-state index in [2.05, 4.69) is 15.9 Å². The van der Waals surface area contributed by atoms with E-state index in [1.54, 1.807) is 24.3 Å². The molecular formula is C15H14BrClFNO2. The lowest BCUT2D eigenvalue weighted by Gasteiger charge is -2.18. The number of hydrogen-bond donors (Lipinski definition) is 1. The minimum atomic E-state index is -0.595. The maximum atomic E-state index is 13.6. The lowest BCUT2D eigenvalue weighted by atomic mass is 9.99. The average Bonchev–Trinajstić information content (AvgIpc) is 2.49. The van der Waals surface area contributed by atoms with E-state index in [9.17, 15) is 4.39 Å². The fourth-order valence-corrected chi connectivity index (χ4v) is 2.82. The molecular weight excluding hydrogens is 361 g/mol. The maximum absolute atomic E-state index is 13.6. The molecule has 1 unspecified atom stereocenters. The molecule has 0 saturated carbocycles. The van der Waals surface area contributed by atoms with Crippen molar-refractivity contribution >= 4 is 27.5 Å². The van der Waals surface area contributed by atoms with Crippen molar-refractivity contribution in [1.29, 1.82) is 0 Å². The summed E-state index contributed by atoms with van der Waals surface area (Å²) in [6.07, 6.45) is 0. The van der Waals surface area contributed by atoms with Gasteiger partial charge in [0, 0.05) is 11.1 Å². The summed E-state index contributed by atoms with van der Waals surface area (Å²) in [6, 6.07) is 7.43. The predicted molar refractivity (Wildman–Crippen MR) is 84.7 cm³/mol. The molecule has 0 fully saturated rings. The highest BCUT2D eigenvalue weighted by Gasteiger charge is 2.20. The third-order valence-corrected chi connectivity index (χ3v) is 4.32. The molecule has 0 saturated heterocycles. The number of rotatable bonds is 4. The van der Waals surface area contributed by atoms with Crippen LogP contribution >= 0.6 is 27.5 Å². The van der Waals surface area contributed by atoms with E-state index in [0.717, 1.165) is 0 Å². The summed E-state index contributed by atoms with van der Waals surface area (Å²) < 4.78 is 24.4. The number of ether oxygens (including phenoxy) is 2. The molecule has 2 aromatic rings. The van der Waals surface area contributed by atoms with Crippen molar-refractivity contribution in [2.75, 3.05) is 14.2 Å². The summed E-state index contributed by atoms with van der Waals surface area (Å²) in [7, 11) is 3.05. The molecule has 2 aromatic carbocycles. The van der Waals surface area contributed by atoms with Gasteiger partial charge in [-0.05, 0) is 39.2 Å². The molecule has 0 heterocycles. The molecule has 21 heavy (non-hydrogen) atoms. The van der Waals surface area contributed by atoms with Crippen LogP contribution in [0.25, 0.3) is 0 Å². The van der Waals surface area contributed by atoms with Crippen LogP contribution in [-0.4, -0.2) is 14.2 Å². The molecule has 2 rings (SSSR count). The quantitative estimate of drug-likeness (QED) is 0.867. The molecule has 0 aliphatic carbocycles. The van der Waals surface area contributed by atoms with Gasteiger partial charge in [-0.15, -0.1) is 0 Å². The van der Waals surface area contributed by atoms with Gasteiger partial charge in [-0.25, -0.2) is 4.39 Å². The molecule has 0 aliphatic rings. The van der Waals surface area contributed by atoms with Crippen LogP contribution in [0.5, 0.6) is 11.5 Å². The lowest BCUT2D eigenvalue weighted by molar-refractivity contribution is 0.354. The Morgan fingerprint density at radius 2 is 1.76 bits per heavy atom. The smallest absolute Gasteiger partial charge is 0.162 e. The Bertz CT molecular complexity index is 666. The van der Waals surface area contributed by atoms with E-state index in [1.165, 1.54) is 20.3 Å². The van der Waals surface area contributed by atoms with E-state index < -0.39 is 6.04 Å². The second-order valence-electron chi connectivity index (χ2n) is 4.35. The van der Waals surface area contributed by atoms with Crippen molar-refractivity contribution in [3.63, 3.8) is 0 Å². The number of methoxy groups -OCH3 is 2. The van der Waals surface area contributed by atoms with Crippen LogP contribution in [0.3, 0.4) is 0 Å². The molecule has 112 valence electrons. The van der Waals surface area contributed by atoms with Crippen molar-refractivity contribution in [2.45, 2.75) is 6.04 Å². The van der Waals surface area contributed by atoms with Crippen LogP contribution in [0, 0.1) is 5.82 Å². The number of nitrogens with two attached hydrogens (primary N) is 1. The van der Waals surface area contributed by atoms with Crippen molar-refractivity contribution in [3.05, 3.63) is 56.8 Å². The first-order valence-corrected chi connectivity index (χ1v) is 7.27.